The van der Waals surface area contributed by atoms with Gasteiger partial charge in [0.2, 0.25) is 0 Å². The molecule has 1 aromatic carbocycles. The molecule has 3 aliphatic rings. The third-order valence-electron chi connectivity index (χ3n) is 8.77. The lowest BCUT2D eigenvalue weighted by Gasteiger charge is -2.38. The molecule has 0 saturated carbocycles. The molecule has 2 fully saturated rings. The largest absolute Gasteiger partial charge is 0.480 e. The fraction of sp³-hybridized carbons (Fsp3) is 0.586. The number of likely N-dealkylation sites (tertiary alicyclic amines) is 2. The molecule has 1 aromatic heterocycles. The van der Waals surface area contributed by atoms with Crippen LogP contribution in [0.3, 0.4) is 0 Å². The molecule has 1 unspecified atom stereocenters. The van der Waals surface area contributed by atoms with Crippen LogP contribution >= 0.6 is 0 Å². The van der Waals surface area contributed by atoms with Crippen molar-refractivity contribution in [3.05, 3.63) is 58.8 Å². The summed E-state index contributed by atoms with van der Waals surface area (Å²) in [7, 11) is 0. The maximum atomic E-state index is 13.0. The third kappa shape index (κ3) is 5.99. The first-order chi connectivity index (χ1) is 18.2. The Morgan fingerprint density at radius 2 is 1.79 bits per heavy atom. The second-order valence-corrected chi connectivity index (χ2v) is 11.2. The Hall–Kier alpha value is -2.65. The Morgan fingerprint density at radius 3 is 2.47 bits per heavy atom. The van der Waals surface area contributed by atoms with Crippen LogP contribution in [0.15, 0.2) is 36.4 Å². The Kier molecular flexibility index (Phi) is 7.95. The third-order valence-corrected chi connectivity index (χ3v) is 8.77. The van der Waals surface area contributed by atoms with E-state index in [9.17, 15) is 23.1 Å². The first-order valence-electron chi connectivity index (χ1n) is 13.8. The van der Waals surface area contributed by atoms with E-state index in [0.717, 1.165) is 76.1 Å². The Morgan fingerprint density at radius 1 is 1.08 bits per heavy atom. The lowest BCUT2D eigenvalue weighted by atomic mass is 9.89. The number of hydrogen-bond donors (Lipinski definition) is 2. The van der Waals surface area contributed by atoms with E-state index in [4.69, 9.17) is 4.98 Å². The number of anilines is 1. The van der Waals surface area contributed by atoms with Crippen LogP contribution in [0.25, 0.3) is 0 Å². The highest BCUT2D eigenvalue weighted by Crippen LogP contribution is 2.35. The number of carboxylic acids is 1. The molecule has 0 amide bonds. The van der Waals surface area contributed by atoms with Gasteiger partial charge in [-0.15, -0.1) is 0 Å². The minimum atomic E-state index is -4.44. The van der Waals surface area contributed by atoms with E-state index in [-0.39, 0.29) is 0 Å². The number of carboxylic acid groups (broad SMARTS) is 1. The summed E-state index contributed by atoms with van der Waals surface area (Å²) in [4.78, 5) is 21.4. The van der Waals surface area contributed by atoms with Gasteiger partial charge in [-0.05, 0) is 106 Å². The summed E-state index contributed by atoms with van der Waals surface area (Å²) in [5, 5.41) is 13.3. The topological polar surface area (TPSA) is 68.7 Å². The van der Waals surface area contributed by atoms with Gasteiger partial charge in [0.05, 0.1) is 5.56 Å². The molecule has 0 radical (unpaired) electrons. The number of fused-ring (bicyclic) bond motifs is 1. The molecule has 38 heavy (non-hydrogen) atoms. The summed E-state index contributed by atoms with van der Waals surface area (Å²) in [5.41, 5.74) is 2.11. The van der Waals surface area contributed by atoms with E-state index in [1.54, 1.807) is 0 Å². The summed E-state index contributed by atoms with van der Waals surface area (Å²) in [5.74, 6) is 0.978. The fourth-order valence-electron chi connectivity index (χ4n) is 6.45. The van der Waals surface area contributed by atoms with Gasteiger partial charge in [0.25, 0.3) is 0 Å². The lowest BCUT2D eigenvalue weighted by Crippen LogP contribution is -2.45. The molecule has 5 rings (SSSR count). The number of nitrogens with zero attached hydrogens (tertiary/aromatic N) is 3. The van der Waals surface area contributed by atoms with Gasteiger partial charge in [0.15, 0.2) is 0 Å². The Labute approximate surface area is 222 Å². The Balaban J connectivity index is 1.14. The predicted octanol–water partition coefficient (Wildman–Crippen LogP) is 5.25. The van der Waals surface area contributed by atoms with Crippen molar-refractivity contribution in [1.82, 2.24) is 14.8 Å². The molecule has 0 bridgehead atoms. The van der Waals surface area contributed by atoms with Crippen molar-refractivity contribution < 1.29 is 23.1 Å². The van der Waals surface area contributed by atoms with Crippen LogP contribution in [0.2, 0.25) is 0 Å². The average Bonchev–Trinajstić information content (AvgIpc) is 3.38. The van der Waals surface area contributed by atoms with Crippen molar-refractivity contribution in [3.8, 4) is 0 Å². The quantitative estimate of drug-likeness (QED) is 0.510. The number of aliphatic carboxylic acids is 1. The molecule has 6 nitrogen and oxygen atoms in total. The highest BCUT2D eigenvalue weighted by molar-refractivity contribution is 5.75. The number of nitrogens with one attached hydrogen (secondary N) is 1. The van der Waals surface area contributed by atoms with Crippen LogP contribution in [-0.2, 0) is 23.8 Å². The van der Waals surface area contributed by atoms with E-state index in [1.165, 1.54) is 23.4 Å². The summed E-state index contributed by atoms with van der Waals surface area (Å²) in [6.07, 6.45) is 1.95. The van der Waals surface area contributed by atoms with Gasteiger partial charge < -0.3 is 15.3 Å². The van der Waals surface area contributed by atoms with E-state index in [2.05, 4.69) is 29.3 Å². The zero-order valence-electron chi connectivity index (χ0n) is 21.9. The van der Waals surface area contributed by atoms with Crippen LogP contribution < -0.4 is 5.32 Å². The second-order valence-electron chi connectivity index (χ2n) is 11.2. The van der Waals surface area contributed by atoms with Crippen molar-refractivity contribution in [3.63, 3.8) is 0 Å². The monoisotopic (exact) mass is 530 g/mol. The molecule has 4 heterocycles. The molecule has 2 N–H and O–H groups in total. The second kappa shape index (κ2) is 11.2. The predicted molar refractivity (Wildman–Crippen MR) is 140 cm³/mol. The molecule has 0 spiro atoms. The molecule has 3 aliphatic heterocycles. The van der Waals surface area contributed by atoms with E-state index < -0.39 is 23.8 Å². The molecular weight excluding hydrogens is 493 g/mol. The zero-order valence-corrected chi connectivity index (χ0v) is 21.9. The first-order valence-corrected chi connectivity index (χ1v) is 13.8. The molecule has 2 saturated heterocycles. The standard InChI is InChI=1S/C29H37F3N4O2/c1-19(35-14-10-20(11-15-35)17-25-9-6-22-3-2-13-33-27(22)34-25)23-12-16-36(18-23)26(28(37)38)21-4-7-24(8-5-21)29(30,31)32/h4-9,19-20,23,26H,2-3,10-18H2,1H3,(H,33,34)(H,37,38)/t19?,23-,26-/m1/s1. The number of rotatable bonds is 7. The molecule has 2 aromatic rings. The van der Waals surface area contributed by atoms with Crippen molar-refractivity contribution in [2.24, 2.45) is 11.8 Å². The van der Waals surface area contributed by atoms with Gasteiger partial charge in [-0.2, -0.15) is 13.2 Å². The maximum Gasteiger partial charge on any atom is 0.416 e. The van der Waals surface area contributed by atoms with Crippen LogP contribution in [0, 0.1) is 11.8 Å². The summed E-state index contributed by atoms with van der Waals surface area (Å²) in [6, 6.07) is 8.36. The minimum absolute atomic E-state index is 0.328. The van der Waals surface area contributed by atoms with E-state index >= 15 is 0 Å². The number of benzene rings is 1. The average molecular weight is 531 g/mol. The molecule has 0 aliphatic carbocycles. The number of piperidine rings is 1. The highest BCUT2D eigenvalue weighted by atomic mass is 19.4. The fourth-order valence-corrected chi connectivity index (χ4v) is 6.45. The van der Waals surface area contributed by atoms with E-state index in [0.29, 0.717) is 36.5 Å². The number of alkyl halides is 3. The Bertz CT molecular complexity index is 1120. The van der Waals surface area contributed by atoms with Crippen molar-refractivity contribution in [2.45, 2.75) is 63.7 Å². The number of aromatic nitrogens is 1. The lowest BCUT2D eigenvalue weighted by molar-refractivity contribution is -0.143. The van der Waals surface area contributed by atoms with Gasteiger partial charge in [-0.3, -0.25) is 9.69 Å². The number of hydrogen-bond acceptors (Lipinski definition) is 5. The van der Waals surface area contributed by atoms with Gasteiger partial charge in [-0.25, -0.2) is 4.98 Å². The SMILES string of the molecule is CC([C@@H]1CCN([C@@H](C(=O)O)c2ccc(C(F)(F)F)cc2)C1)N1CCC(Cc2ccc3c(n2)NCCC3)CC1. The van der Waals surface area contributed by atoms with Crippen molar-refractivity contribution >= 4 is 11.8 Å². The van der Waals surface area contributed by atoms with Crippen LogP contribution in [0.5, 0.6) is 0 Å². The number of carbonyl (C=O) groups is 1. The van der Waals surface area contributed by atoms with Gasteiger partial charge in [0, 0.05) is 24.8 Å². The maximum absolute atomic E-state index is 13.0. The van der Waals surface area contributed by atoms with Gasteiger partial charge in [0.1, 0.15) is 11.9 Å². The van der Waals surface area contributed by atoms with Crippen molar-refractivity contribution in [1.29, 1.82) is 0 Å². The summed E-state index contributed by atoms with van der Waals surface area (Å²) in [6.45, 7) is 6.53. The van der Waals surface area contributed by atoms with Crippen molar-refractivity contribution in [2.75, 3.05) is 38.0 Å². The van der Waals surface area contributed by atoms with Crippen LogP contribution in [0.1, 0.15) is 61.0 Å². The molecule has 206 valence electrons. The van der Waals surface area contributed by atoms with Gasteiger partial charge >= 0.3 is 12.1 Å². The van der Waals surface area contributed by atoms with Gasteiger partial charge in [-0.1, -0.05) is 18.2 Å². The van der Waals surface area contributed by atoms with Crippen LogP contribution in [-0.4, -0.2) is 64.6 Å². The minimum Gasteiger partial charge on any atom is -0.480 e. The normalized spacial score (nSPS) is 23.0. The first kappa shape index (κ1) is 26.9. The number of halogens is 3. The summed E-state index contributed by atoms with van der Waals surface area (Å²) < 4.78 is 38.9. The smallest absolute Gasteiger partial charge is 0.416 e. The molecular formula is C29H37F3N4O2. The van der Waals surface area contributed by atoms with Crippen LogP contribution in [0.4, 0.5) is 19.0 Å². The highest BCUT2D eigenvalue weighted by Gasteiger charge is 2.38. The number of aryl methyl sites for hydroxylation is 1. The molecule has 9 heteroatoms. The molecule has 3 atom stereocenters. The number of pyridine rings is 1. The summed E-state index contributed by atoms with van der Waals surface area (Å²) >= 11 is 0. The zero-order chi connectivity index (χ0) is 26.9. The van der Waals surface area contributed by atoms with E-state index in [1.807, 2.05) is 4.90 Å².